The molecular weight excluding hydrogens is 394 g/mol. The van der Waals surface area contributed by atoms with Crippen LogP contribution in [0.5, 0.6) is 0 Å². The summed E-state index contributed by atoms with van der Waals surface area (Å²) < 4.78 is 7.54. The number of amides is 1. The number of aromatic nitrogens is 2. The number of rotatable bonds is 6. The topological polar surface area (TPSA) is 73.2 Å². The van der Waals surface area contributed by atoms with E-state index < -0.39 is 0 Å². The summed E-state index contributed by atoms with van der Waals surface area (Å²) in [5.74, 6) is 0.218. The summed E-state index contributed by atoms with van der Waals surface area (Å²) in [7, 11) is 0. The van der Waals surface area contributed by atoms with Crippen LogP contribution in [0.15, 0.2) is 9.95 Å². The molecular formula is C20H27N3O3S2. The van der Waals surface area contributed by atoms with Gasteiger partial charge in [-0.05, 0) is 57.9 Å². The first-order valence-electron chi connectivity index (χ1n) is 10.1. The van der Waals surface area contributed by atoms with Crippen LogP contribution >= 0.6 is 23.1 Å². The summed E-state index contributed by atoms with van der Waals surface area (Å²) in [5.41, 5.74) is 1.24. The predicted molar refractivity (Wildman–Crippen MR) is 113 cm³/mol. The van der Waals surface area contributed by atoms with Crippen LogP contribution in [0.4, 0.5) is 0 Å². The molecule has 6 nitrogen and oxygen atoms in total. The minimum atomic E-state index is -0.0384. The fraction of sp³-hybridized carbons (Fsp3) is 0.650. The van der Waals surface area contributed by atoms with Gasteiger partial charge in [-0.15, -0.1) is 11.3 Å². The molecule has 28 heavy (non-hydrogen) atoms. The molecule has 1 aliphatic heterocycles. The molecule has 3 heterocycles. The van der Waals surface area contributed by atoms with Crippen molar-refractivity contribution < 1.29 is 9.53 Å². The zero-order chi connectivity index (χ0) is 19.7. The Kier molecular flexibility index (Phi) is 6.08. The molecule has 2 aliphatic rings. The molecule has 152 valence electrons. The fourth-order valence-corrected chi connectivity index (χ4v) is 6.10. The number of thiophene rings is 1. The molecule has 0 unspecified atom stereocenters. The van der Waals surface area contributed by atoms with Gasteiger partial charge in [-0.25, -0.2) is 4.98 Å². The Balaban J connectivity index is 1.70. The molecule has 2 aromatic rings. The van der Waals surface area contributed by atoms with Crippen LogP contribution < -0.4 is 10.9 Å². The SMILES string of the molecule is CC(C)NC(=O)CSc1nc2sc3c(c2c(=O)n1C[C@@H]1CCCO1)CCCC3. The van der Waals surface area contributed by atoms with E-state index in [0.29, 0.717) is 11.7 Å². The highest BCUT2D eigenvalue weighted by atomic mass is 32.2. The first-order valence-corrected chi connectivity index (χ1v) is 11.9. The number of nitrogens with one attached hydrogen (secondary N) is 1. The van der Waals surface area contributed by atoms with Crippen LogP contribution in [0.3, 0.4) is 0 Å². The minimum absolute atomic E-state index is 0.0340. The molecule has 0 bridgehead atoms. The Morgan fingerprint density at radius 1 is 1.36 bits per heavy atom. The van der Waals surface area contributed by atoms with Crippen LogP contribution in [0.1, 0.15) is 50.0 Å². The lowest BCUT2D eigenvalue weighted by Crippen LogP contribution is -2.32. The number of carbonyl (C=O) groups excluding carboxylic acids is 1. The highest BCUT2D eigenvalue weighted by Gasteiger charge is 2.25. The van der Waals surface area contributed by atoms with Crippen molar-refractivity contribution in [2.45, 2.75) is 76.2 Å². The van der Waals surface area contributed by atoms with Crippen molar-refractivity contribution in [3.05, 3.63) is 20.8 Å². The number of nitrogens with zero attached hydrogens (tertiary/aromatic N) is 2. The number of aryl methyl sites for hydroxylation is 2. The van der Waals surface area contributed by atoms with Gasteiger partial charge in [0, 0.05) is 17.5 Å². The van der Waals surface area contributed by atoms with Crippen LogP contribution in [-0.2, 0) is 28.9 Å². The maximum atomic E-state index is 13.5. The van der Waals surface area contributed by atoms with Gasteiger partial charge in [0.1, 0.15) is 4.83 Å². The van der Waals surface area contributed by atoms with Gasteiger partial charge in [0.05, 0.1) is 23.8 Å². The van der Waals surface area contributed by atoms with E-state index in [4.69, 9.17) is 9.72 Å². The molecule has 0 spiro atoms. The third-order valence-corrected chi connectivity index (χ3v) is 7.39. The van der Waals surface area contributed by atoms with Gasteiger partial charge in [0.2, 0.25) is 5.91 Å². The molecule has 1 aliphatic carbocycles. The predicted octanol–water partition coefficient (Wildman–Crippen LogP) is 3.13. The van der Waals surface area contributed by atoms with E-state index in [9.17, 15) is 9.59 Å². The third kappa shape index (κ3) is 4.14. The lowest BCUT2D eigenvalue weighted by atomic mass is 9.97. The summed E-state index contributed by atoms with van der Waals surface area (Å²) in [5, 5.41) is 4.33. The number of ether oxygens (including phenoxy) is 1. The molecule has 0 radical (unpaired) electrons. The Morgan fingerprint density at radius 2 is 2.18 bits per heavy atom. The lowest BCUT2D eigenvalue weighted by Gasteiger charge is -2.16. The molecule has 0 aromatic carbocycles. The molecule has 2 aromatic heterocycles. The molecule has 1 amide bonds. The van der Waals surface area contributed by atoms with Crippen LogP contribution in [0, 0.1) is 0 Å². The molecule has 8 heteroatoms. The van der Waals surface area contributed by atoms with Gasteiger partial charge in [-0.3, -0.25) is 14.2 Å². The molecule has 1 atom stereocenters. The average Bonchev–Trinajstić information content (AvgIpc) is 3.29. The van der Waals surface area contributed by atoms with Crippen LogP contribution in [-0.4, -0.2) is 40.0 Å². The summed E-state index contributed by atoms with van der Waals surface area (Å²) >= 11 is 3.00. The maximum Gasteiger partial charge on any atom is 0.263 e. The molecule has 1 fully saturated rings. The first-order chi connectivity index (χ1) is 13.5. The maximum absolute atomic E-state index is 13.5. The number of hydrogen-bond acceptors (Lipinski definition) is 6. The Morgan fingerprint density at radius 3 is 2.93 bits per heavy atom. The van der Waals surface area contributed by atoms with Gasteiger partial charge in [-0.2, -0.15) is 0 Å². The van der Waals surface area contributed by atoms with Crippen LogP contribution in [0.2, 0.25) is 0 Å². The van der Waals surface area contributed by atoms with Crippen LogP contribution in [0.25, 0.3) is 10.2 Å². The van der Waals surface area contributed by atoms with Crippen molar-refractivity contribution >= 4 is 39.2 Å². The van der Waals surface area contributed by atoms with Crippen molar-refractivity contribution in [1.82, 2.24) is 14.9 Å². The number of hydrogen-bond donors (Lipinski definition) is 1. The summed E-state index contributed by atoms with van der Waals surface area (Å²) in [6, 6.07) is 0.0987. The van der Waals surface area contributed by atoms with E-state index in [2.05, 4.69) is 5.32 Å². The van der Waals surface area contributed by atoms with E-state index in [0.717, 1.165) is 48.9 Å². The number of fused-ring (bicyclic) bond motifs is 3. The largest absolute Gasteiger partial charge is 0.376 e. The highest BCUT2D eigenvalue weighted by Crippen LogP contribution is 2.35. The van der Waals surface area contributed by atoms with Gasteiger partial charge in [0.25, 0.3) is 5.56 Å². The Hall–Kier alpha value is -1.38. The van der Waals surface area contributed by atoms with E-state index in [1.54, 1.807) is 15.9 Å². The van der Waals surface area contributed by atoms with Crippen molar-refractivity contribution in [1.29, 1.82) is 0 Å². The fourth-order valence-electron chi connectivity index (χ4n) is 3.98. The zero-order valence-corrected chi connectivity index (χ0v) is 18.1. The van der Waals surface area contributed by atoms with E-state index in [1.165, 1.54) is 28.6 Å². The molecule has 1 N–H and O–H groups in total. The van der Waals surface area contributed by atoms with Gasteiger partial charge >= 0.3 is 0 Å². The average molecular weight is 422 g/mol. The highest BCUT2D eigenvalue weighted by molar-refractivity contribution is 7.99. The second kappa shape index (κ2) is 8.55. The van der Waals surface area contributed by atoms with Gasteiger partial charge in [-0.1, -0.05) is 11.8 Å². The van der Waals surface area contributed by atoms with E-state index >= 15 is 0 Å². The van der Waals surface area contributed by atoms with Crippen molar-refractivity contribution in [3.8, 4) is 0 Å². The quantitative estimate of drug-likeness (QED) is 0.573. The molecule has 4 rings (SSSR count). The summed E-state index contributed by atoms with van der Waals surface area (Å²) in [4.78, 5) is 32.6. The summed E-state index contributed by atoms with van der Waals surface area (Å²) in [6.45, 7) is 5.15. The zero-order valence-electron chi connectivity index (χ0n) is 16.5. The second-order valence-corrected chi connectivity index (χ2v) is 9.87. The van der Waals surface area contributed by atoms with Gasteiger partial charge in [0.15, 0.2) is 5.16 Å². The van der Waals surface area contributed by atoms with Gasteiger partial charge < -0.3 is 10.1 Å². The standard InChI is InChI=1S/C20H27N3O3S2/c1-12(2)21-16(24)11-27-20-22-18-17(14-7-3-4-8-15(14)28-18)19(25)23(20)10-13-6-5-9-26-13/h12-13H,3-11H2,1-2H3,(H,21,24)/t13-/m0/s1. The Bertz CT molecular complexity index is 929. The molecule has 0 saturated carbocycles. The Labute approximate surface area is 173 Å². The number of carbonyl (C=O) groups is 1. The smallest absolute Gasteiger partial charge is 0.263 e. The normalized spacial score (nSPS) is 19.3. The van der Waals surface area contributed by atoms with E-state index in [-0.39, 0.29) is 29.4 Å². The third-order valence-electron chi connectivity index (χ3n) is 5.23. The number of thioether (sulfide) groups is 1. The van der Waals surface area contributed by atoms with Crippen molar-refractivity contribution in [2.24, 2.45) is 0 Å². The summed E-state index contributed by atoms with van der Waals surface area (Å²) in [6.07, 6.45) is 6.37. The second-order valence-electron chi connectivity index (χ2n) is 7.85. The van der Waals surface area contributed by atoms with Crippen molar-refractivity contribution in [3.63, 3.8) is 0 Å². The monoisotopic (exact) mass is 421 g/mol. The van der Waals surface area contributed by atoms with E-state index in [1.807, 2.05) is 13.8 Å². The molecule has 1 saturated heterocycles. The lowest BCUT2D eigenvalue weighted by molar-refractivity contribution is -0.119. The minimum Gasteiger partial charge on any atom is -0.376 e. The first kappa shape index (κ1) is 19.9. The van der Waals surface area contributed by atoms with Crippen molar-refractivity contribution in [2.75, 3.05) is 12.4 Å².